The van der Waals surface area contributed by atoms with Crippen LogP contribution in [0.5, 0.6) is 0 Å². The highest BCUT2D eigenvalue weighted by atomic mass is 16.5. The Kier molecular flexibility index (Phi) is 8.54. The van der Waals surface area contributed by atoms with Crippen LogP contribution in [0.25, 0.3) is 17.2 Å². The van der Waals surface area contributed by atoms with Crippen molar-refractivity contribution < 1.29 is 19.4 Å². The van der Waals surface area contributed by atoms with Crippen molar-refractivity contribution >= 4 is 29.5 Å². The summed E-state index contributed by atoms with van der Waals surface area (Å²) in [5.41, 5.74) is 11.3. The standard InChI is InChI=1S/C29H35N3O4/c1-2-12-32(13-3-14-33)29(35)25-16-24-11-10-23(17-26(24)31-27(30)18-25)22-8-6-20(7-9-22)15-28(34)36-19-21-4-5-21/h6-11,16-17,21,33H,2-5,12-15,18-19H2,1H3,(H2,30,31). The predicted octanol–water partition coefficient (Wildman–Crippen LogP) is 4.25. The quantitative estimate of drug-likeness (QED) is 0.459. The van der Waals surface area contributed by atoms with Crippen molar-refractivity contribution in [2.45, 2.75) is 45.4 Å². The molecular formula is C29H35N3O4. The zero-order chi connectivity index (χ0) is 25.5. The number of amides is 1. The molecule has 0 saturated heterocycles. The van der Waals surface area contributed by atoms with Gasteiger partial charge in [0.2, 0.25) is 5.91 Å². The molecule has 0 spiro atoms. The van der Waals surface area contributed by atoms with Gasteiger partial charge in [-0.05, 0) is 60.4 Å². The largest absolute Gasteiger partial charge is 0.465 e. The number of hydrogen-bond donors (Lipinski definition) is 2. The van der Waals surface area contributed by atoms with Gasteiger partial charge in [0.1, 0.15) is 5.84 Å². The third kappa shape index (κ3) is 6.82. The molecule has 0 radical (unpaired) electrons. The van der Waals surface area contributed by atoms with Gasteiger partial charge >= 0.3 is 5.97 Å². The van der Waals surface area contributed by atoms with E-state index >= 15 is 0 Å². The van der Waals surface area contributed by atoms with E-state index in [9.17, 15) is 14.7 Å². The maximum atomic E-state index is 13.2. The minimum absolute atomic E-state index is 0.0488. The second kappa shape index (κ2) is 12.0. The summed E-state index contributed by atoms with van der Waals surface area (Å²) < 4.78 is 5.33. The lowest BCUT2D eigenvalue weighted by atomic mass is 9.99. The Morgan fingerprint density at radius 3 is 2.56 bits per heavy atom. The number of carbonyl (C=O) groups excluding carboxylic acids is 2. The fourth-order valence-corrected chi connectivity index (χ4v) is 4.29. The van der Waals surface area contributed by atoms with Gasteiger partial charge in [0.05, 0.1) is 18.7 Å². The highest BCUT2D eigenvalue weighted by molar-refractivity contribution is 6.05. The summed E-state index contributed by atoms with van der Waals surface area (Å²) in [4.78, 5) is 31.6. The molecule has 1 amide bonds. The SMILES string of the molecule is CCCN(CCCO)C(=O)C1=Cc2ccc(-c3ccc(CC(=O)OCC4CC4)cc3)cc2N=C(N)C1. The second-order valence-electron chi connectivity index (χ2n) is 9.59. The molecule has 1 aliphatic carbocycles. The molecule has 2 aliphatic rings. The number of carbonyl (C=O) groups is 2. The van der Waals surface area contributed by atoms with E-state index < -0.39 is 0 Å². The molecule has 2 aromatic carbocycles. The number of aliphatic hydroxyl groups excluding tert-OH is 1. The van der Waals surface area contributed by atoms with Crippen LogP contribution in [-0.2, 0) is 20.7 Å². The molecule has 0 aromatic heterocycles. The van der Waals surface area contributed by atoms with E-state index in [0.29, 0.717) is 43.4 Å². The summed E-state index contributed by atoms with van der Waals surface area (Å²) in [5.74, 6) is 0.707. The fourth-order valence-electron chi connectivity index (χ4n) is 4.29. The summed E-state index contributed by atoms with van der Waals surface area (Å²) in [6.07, 6.45) is 6.14. The molecule has 0 bridgehead atoms. The summed E-state index contributed by atoms with van der Waals surface area (Å²) in [6, 6.07) is 13.8. The summed E-state index contributed by atoms with van der Waals surface area (Å²) in [6.45, 7) is 3.76. The molecule has 2 aromatic rings. The first-order valence-electron chi connectivity index (χ1n) is 12.8. The molecule has 1 saturated carbocycles. The Morgan fingerprint density at radius 2 is 1.86 bits per heavy atom. The molecule has 36 heavy (non-hydrogen) atoms. The third-order valence-corrected chi connectivity index (χ3v) is 6.45. The third-order valence-electron chi connectivity index (χ3n) is 6.45. The first kappa shape index (κ1) is 25.6. The van der Waals surface area contributed by atoms with Gasteiger partial charge in [0.15, 0.2) is 0 Å². The van der Waals surface area contributed by atoms with Crippen molar-refractivity contribution in [3.05, 3.63) is 59.2 Å². The first-order chi connectivity index (χ1) is 17.5. The van der Waals surface area contributed by atoms with Crippen LogP contribution in [0.1, 0.15) is 50.2 Å². The maximum absolute atomic E-state index is 13.2. The Morgan fingerprint density at radius 1 is 1.11 bits per heavy atom. The number of fused-ring (bicyclic) bond motifs is 1. The van der Waals surface area contributed by atoms with Crippen LogP contribution in [-0.4, -0.2) is 54.0 Å². The lowest BCUT2D eigenvalue weighted by Gasteiger charge is -2.23. The zero-order valence-electron chi connectivity index (χ0n) is 20.9. The van der Waals surface area contributed by atoms with Crippen LogP contribution in [0.3, 0.4) is 0 Å². The summed E-state index contributed by atoms with van der Waals surface area (Å²) in [7, 11) is 0. The maximum Gasteiger partial charge on any atom is 0.310 e. The van der Waals surface area contributed by atoms with Gasteiger partial charge in [-0.25, -0.2) is 4.99 Å². The van der Waals surface area contributed by atoms with Crippen LogP contribution in [0.4, 0.5) is 5.69 Å². The highest BCUT2D eigenvalue weighted by Crippen LogP contribution is 2.32. The van der Waals surface area contributed by atoms with Crippen molar-refractivity contribution in [2.75, 3.05) is 26.3 Å². The number of amidine groups is 1. The molecule has 0 unspecified atom stereocenters. The molecule has 1 fully saturated rings. The van der Waals surface area contributed by atoms with E-state index in [1.807, 2.05) is 55.5 Å². The minimum Gasteiger partial charge on any atom is -0.465 e. The average Bonchev–Trinajstić information content (AvgIpc) is 3.71. The van der Waals surface area contributed by atoms with Gasteiger partial charge in [0, 0.05) is 37.3 Å². The molecule has 7 nitrogen and oxygen atoms in total. The molecule has 1 aliphatic heterocycles. The number of nitrogens with zero attached hydrogens (tertiary/aromatic N) is 2. The Balaban J connectivity index is 1.49. The molecule has 190 valence electrons. The number of aliphatic hydroxyl groups is 1. The number of nitrogens with two attached hydrogens (primary N) is 1. The van der Waals surface area contributed by atoms with Gasteiger partial charge in [0.25, 0.3) is 0 Å². The number of hydrogen-bond acceptors (Lipinski definition) is 6. The number of aliphatic imine (C=N–C) groups is 1. The predicted molar refractivity (Wildman–Crippen MR) is 142 cm³/mol. The number of ether oxygens (including phenoxy) is 1. The zero-order valence-corrected chi connectivity index (χ0v) is 20.9. The average molecular weight is 490 g/mol. The van der Waals surface area contributed by atoms with Gasteiger partial charge < -0.3 is 20.5 Å². The van der Waals surface area contributed by atoms with Crippen LogP contribution in [0.2, 0.25) is 0 Å². The van der Waals surface area contributed by atoms with Crippen LogP contribution < -0.4 is 5.73 Å². The molecule has 7 heteroatoms. The fraction of sp³-hybridized carbons (Fsp3) is 0.414. The van der Waals surface area contributed by atoms with Crippen molar-refractivity contribution in [3.8, 4) is 11.1 Å². The number of esters is 1. The summed E-state index contributed by atoms with van der Waals surface area (Å²) >= 11 is 0. The van der Waals surface area contributed by atoms with Crippen molar-refractivity contribution in [1.29, 1.82) is 0 Å². The number of benzene rings is 2. The van der Waals surface area contributed by atoms with Crippen LogP contribution in [0, 0.1) is 5.92 Å². The van der Waals surface area contributed by atoms with Gasteiger partial charge in [-0.3, -0.25) is 9.59 Å². The Labute approximate surface area is 212 Å². The van der Waals surface area contributed by atoms with E-state index in [2.05, 4.69) is 4.99 Å². The molecule has 3 N–H and O–H groups in total. The van der Waals surface area contributed by atoms with E-state index in [4.69, 9.17) is 10.5 Å². The molecule has 1 heterocycles. The first-order valence-corrected chi connectivity index (χ1v) is 12.8. The molecular weight excluding hydrogens is 454 g/mol. The van der Waals surface area contributed by atoms with Crippen molar-refractivity contribution in [3.63, 3.8) is 0 Å². The second-order valence-corrected chi connectivity index (χ2v) is 9.59. The van der Waals surface area contributed by atoms with Crippen LogP contribution >= 0.6 is 0 Å². The van der Waals surface area contributed by atoms with E-state index in [0.717, 1.165) is 47.2 Å². The normalized spacial score (nSPS) is 14.8. The van der Waals surface area contributed by atoms with Gasteiger partial charge in [-0.2, -0.15) is 0 Å². The topological polar surface area (TPSA) is 105 Å². The molecule has 4 rings (SSSR count). The Hall–Kier alpha value is -3.45. The van der Waals surface area contributed by atoms with Crippen molar-refractivity contribution in [2.24, 2.45) is 16.6 Å². The van der Waals surface area contributed by atoms with E-state index in [1.54, 1.807) is 4.90 Å². The highest BCUT2D eigenvalue weighted by Gasteiger charge is 2.23. The number of rotatable bonds is 11. The van der Waals surface area contributed by atoms with E-state index in [1.165, 1.54) is 0 Å². The minimum atomic E-state index is -0.185. The lowest BCUT2D eigenvalue weighted by Crippen LogP contribution is -2.35. The Bertz CT molecular complexity index is 1150. The molecule has 0 atom stereocenters. The monoisotopic (exact) mass is 489 g/mol. The van der Waals surface area contributed by atoms with Crippen LogP contribution in [0.15, 0.2) is 53.0 Å². The van der Waals surface area contributed by atoms with E-state index in [-0.39, 0.29) is 31.3 Å². The van der Waals surface area contributed by atoms with Gasteiger partial charge in [-0.15, -0.1) is 0 Å². The summed E-state index contributed by atoms with van der Waals surface area (Å²) in [5, 5.41) is 9.20. The van der Waals surface area contributed by atoms with Crippen molar-refractivity contribution in [1.82, 2.24) is 4.90 Å². The lowest BCUT2D eigenvalue weighted by molar-refractivity contribution is -0.143. The smallest absolute Gasteiger partial charge is 0.310 e. The van der Waals surface area contributed by atoms with Gasteiger partial charge in [-0.1, -0.05) is 43.3 Å².